The Hall–Kier alpha value is -1.14. The maximum absolute atomic E-state index is 14.2. The number of aliphatic hydroxyl groups excluding tert-OH is 1. The van der Waals surface area contributed by atoms with Crippen LogP contribution in [0.3, 0.4) is 0 Å². The van der Waals surface area contributed by atoms with Crippen molar-refractivity contribution in [1.29, 1.82) is 0 Å². The molecule has 3 aliphatic rings. The van der Waals surface area contributed by atoms with Gasteiger partial charge >= 0.3 is 5.97 Å². The van der Waals surface area contributed by atoms with E-state index in [0.29, 0.717) is 18.8 Å². The third kappa shape index (κ3) is 8.37. The zero-order valence-corrected chi connectivity index (χ0v) is 28.8. The van der Waals surface area contributed by atoms with E-state index in [9.17, 15) is 14.7 Å². The molecule has 1 N–H and O–H groups in total. The molecule has 0 aliphatic carbocycles. The molecule has 0 aromatic carbocycles. The number of cyclic esters (lactones) is 1. The molecule has 43 heavy (non-hydrogen) atoms. The molecule has 3 aliphatic heterocycles. The largest absolute Gasteiger partial charge is 0.463 e. The van der Waals surface area contributed by atoms with Gasteiger partial charge in [0.2, 0.25) is 0 Å². The van der Waals surface area contributed by atoms with Crippen LogP contribution in [0, 0.1) is 23.2 Å². The summed E-state index contributed by atoms with van der Waals surface area (Å²) in [7, 11) is 7.63. The Morgan fingerprint density at radius 3 is 2.28 bits per heavy atom. The predicted molar refractivity (Wildman–Crippen MR) is 167 cm³/mol. The molecule has 0 radical (unpaired) electrons. The van der Waals surface area contributed by atoms with Gasteiger partial charge in [-0.25, -0.2) is 0 Å². The minimum atomic E-state index is -1.39. The SMILES string of the molecule is CCN1CCC([C@H]2COC(=O)C(C)(C)C(=O)[C@H](C)[C@@H](O[C@@H]3O[C@H](C)C[C@H](N(C)C)[C@H]3O)[C@](C)(OC)C[C@@H](C)CN2C)CC1. The molecule has 10 heteroatoms. The summed E-state index contributed by atoms with van der Waals surface area (Å²) in [4.78, 5) is 34.6. The molecule has 10 nitrogen and oxygen atoms in total. The Morgan fingerprint density at radius 2 is 1.72 bits per heavy atom. The van der Waals surface area contributed by atoms with Crippen LogP contribution in [0.25, 0.3) is 0 Å². The van der Waals surface area contributed by atoms with E-state index in [1.807, 2.05) is 32.8 Å². The van der Waals surface area contributed by atoms with Crippen LogP contribution >= 0.6 is 0 Å². The van der Waals surface area contributed by atoms with Gasteiger partial charge in [-0.1, -0.05) is 20.8 Å². The molecule has 3 heterocycles. The first kappa shape index (κ1) is 36.3. The van der Waals surface area contributed by atoms with Gasteiger partial charge in [0, 0.05) is 31.7 Å². The second kappa shape index (κ2) is 15.0. The quantitative estimate of drug-likeness (QED) is 0.356. The lowest BCUT2D eigenvalue weighted by Crippen LogP contribution is -2.59. The number of esters is 1. The lowest BCUT2D eigenvalue weighted by Gasteiger charge is -2.47. The number of likely N-dealkylation sites (N-methyl/N-ethyl adjacent to an activating group) is 2. The standard InChI is InChI=1S/C33H61N3O7/c1-12-36-15-13-24(14-16-36)26-20-41-31(39)32(5,6)28(38)23(4)29(33(7,40-11)18-21(2)19-35(26)10)43-30-27(37)25(34(8)9)17-22(3)42-30/h21-27,29-30,37H,12-20H2,1-11H3/t21-,22-,23+,25+,26-,27-,29-,30+,33-/m1/s1. The first-order valence-corrected chi connectivity index (χ1v) is 16.4. The minimum Gasteiger partial charge on any atom is -0.463 e. The van der Waals surface area contributed by atoms with E-state index < -0.39 is 41.4 Å². The number of piperidine rings is 1. The van der Waals surface area contributed by atoms with Crippen LogP contribution in [0.15, 0.2) is 0 Å². The smallest absolute Gasteiger partial charge is 0.319 e. The lowest BCUT2D eigenvalue weighted by atomic mass is 9.74. The normalized spacial score (nSPS) is 40.0. The van der Waals surface area contributed by atoms with Crippen LogP contribution in [0.2, 0.25) is 0 Å². The van der Waals surface area contributed by atoms with E-state index in [0.717, 1.165) is 39.0 Å². The number of rotatable bonds is 6. The topological polar surface area (TPSA) is 101 Å². The van der Waals surface area contributed by atoms with Crippen molar-refractivity contribution < 1.29 is 33.6 Å². The molecule has 0 bridgehead atoms. The average Bonchev–Trinajstić information content (AvgIpc) is 2.96. The molecule has 3 rings (SSSR count). The van der Waals surface area contributed by atoms with Crippen LogP contribution in [-0.2, 0) is 28.5 Å². The van der Waals surface area contributed by atoms with Gasteiger partial charge in [0.1, 0.15) is 18.1 Å². The predicted octanol–water partition coefficient (Wildman–Crippen LogP) is 3.05. The zero-order valence-electron chi connectivity index (χ0n) is 28.8. The Morgan fingerprint density at radius 1 is 1.09 bits per heavy atom. The van der Waals surface area contributed by atoms with E-state index >= 15 is 0 Å². The summed E-state index contributed by atoms with van der Waals surface area (Å²) in [5.41, 5.74) is -2.29. The number of ether oxygens (including phenoxy) is 4. The van der Waals surface area contributed by atoms with Crippen molar-refractivity contribution in [3.63, 3.8) is 0 Å². The number of likely N-dealkylation sites (tertiary alicyclic amines) is 1. The van der Waals surface area contributed by atoms with E-state index in [4.69, 9.17) is 18.9 Å². The number of aliphatic hydroxyl groups is 1. The second-order valence-corrected chi connectivity index (χ2v) is 14.6. The summed E-state index contributed by atoms with van der Waals surface area (Å²) in [6.07, 6.45) is 0.583. The fourth-order valence-corrected chi connectivity index (χ4v) is 7.71. The Labute approximate surface area is 260 Å². The summed E-state index contributed by atoms with van der Waals surface area (Å²) in [5.74, 6) is -0.956. The van der Waals surface area contributed by atoms with E-state index in [1.54, 1.807) is 27.9 Å². The van der Waals surface area contributed by atoms with Gasteiger partial charge in [0.25, 0.3) is 0 Å². The second-order valence-electron chi connectivity index (χ2n) is 14.6. The van der Waals surface area contributed by atoms with Gasteiger partial charge in [0.15, 0.2) is 12.1 Å². The van der Waals surface area contributed by atoms with Crippen LogP contribution in [0.5, 0.6) is 0 Å². The van der Waals surface area contributed by atoms with Gasteiger partial charge in [0.05, 0.1) is 17.8 Å². The third-order valence-electron chi connectivity index (χ3n) is 10.5. The van der Waals surface area contributed by atoms with Crippen molar-refractivity contribution >= 4 is 11.8 Å². The number of methoxy groups -OCH3 is 1. The van der Waals surface area contributed by atoms with E-state index in [2.05, 4.69) is 30.7 Å². The average molecular weight is 612 g/mol. The highest BCUT2D eigenvalue weighted by molar-refractivity contribution is 6.04. The molecule has 0 aromatic heterocycles. The Kier molecular flexibility index (Phi) is 12.6. The summed E-state index contributed by atoms with van der Waals surface area (Å²) in [5, 5.41) is 11.3. The monoisotopic (exact) mass is 611 g/mol. The molecule has 250 valence electrons. The van der Waals surface area contributed by atoms with Gasteiger partial charge in [-0.05, 0) is 106 Å². The number of carbonyl (C=O) groups excluding carboxylic acids is 2. The fraction of sp³-hybridized carbons (Fsp3) is 0.939. The molecule has 3 saturated heterocycles. The van der Waals surface area contributed by atoms with Crippen molar-refractivity contribution in [2.45, 2.75) is 116 Å². The fourth-order valence-electron chi connectivity index (χ4n) is 7.71. The van der Waals surface area contributed by atoms with Crippen molar-refractivity contribution in [2.75, 3.05) is 61.0 Å². The number of nitrogens with zero attached hydrogens (tertiary/aromatic N) is 3. The molecule has 9 atom stereocenters. The third-order valence-corrected chi connectivity index (χ3v) is 10.5. The summed E-state index contributed by atoms with van der Waals surface area (Å²) in [6, 6.07) is -0.103. The van der Waals surface area contributed by atoms with Crippen LogP contribution < -0.4 is 0 Å². The van der Waals surface area contributed by atoms with Crippen molar-refractivity contribution in [3.8, 4) is 0 Å². The number of ketones is 1. The Bertz CT molecular complexity index is 924. The number of Topliss-reactive ketones (excluding diaryl/α,β-unsaturated/α-hetero) is 1. The van der Waals surface area contributed by atoms with Crippen molar-refractivity contribution in [2.24, 2.45) is 23.2 Å². The first-order chi connectivity index (χ1) is 20.0. The van der Waals surface area contributed by atoms with Crippen LogP contribution in [0.4, 0.5) is 0 Å². The van der Waals surface area contributed by atoms with Gasteiger partial charge in [-0.3, -0.25) is 14.5 Å². The maximum Gasteiger partial charge on any atom is 0.319 e. The highest BCUT2D eigenvalue weighted by Crippen LogP contribution is 2.38. The minimum absolute atomic E-state index is 0.0607. The molecular formula is C33H61N3O7. The summed E-state index contributed by atoms with van der Waals surface area (Å²) >= 11 is 0. The molecular weight excluding hydrogens is 550 g/mol. The lowest BCUT2D eigenvalue weighted by molar-refractivity contribution is -0.295. The van der Waals surface area contributed by atoms with Gasteiger partial charge in [-0.15, -0.1) is 0 Å². The highest BCUT2D eigenvalue weighted by atomic mass is 16.7. The first-order valence-electron chi connectivity index (χ1n) is 16.4. The number of carbonyl (C=O) groups is 2. The molecule has 3 fully saturated rings. The number of hydrogen-bond donors (Lipinski definition) is 1. The van der Waals surface area contributed by atoms with E-state index in [1.165, 1.54) is 0 Å². The highest BCUT2D eigenvalue weighted by Gasteiger charge is 2.51. The molecule has 0 spiro atoms. The summed E-state index contributed by atoms with van der Waals surface area (Å²) < 4.78 is 25.0. The van der Waals surface area contributed by atoms with Crippen LogP contribution in [0.1, 0.15) is 74.1 Å². The van der Waals surface area contributed by atoms with Gasteiger partial charge < -0.3 is 33.9 Å². The van der Waals surface area contributed by atoms with Crippen molar-refractivity contribution in [3.05, 3.63) is 0 Å². The van der Waals surface area contributed by atoms with Crippen LogP contribution in [-0.4, -0.2) is 135 Å². The molecule has 0 aromatic rings. The molecule has 0 amide bonds. The summed E-state index contributed by atoms with van der Waals surface area (Å²) in [6.45, 7) is 17.6. The maximum atomic E-state index is 14.2. The van der Waals surface area contributed by atoms with Gasteiger partial charge in [-0.2, -0.15) is 0 Å². The zero-order chi connectivity index (χ0) is 32.3. The molecule has 0 unspecified atom stereocenters. The Balaban J connectivity index is 1.97. The molecule has 0 saturated carbocycles. The van der Waals surface area contributed by atoms with E-state index in [-0.39, 0.29) is 36.5 Å². The number of hydrogen-bond acceptors (Lipinski definition) is 10. The van der Waals surface area contributed by atoms with Crippen molar-refractivity contribution in [1.82, 2.24) is 14.7 Å².